The number of amides is 2. The minimum absolute atomic E-state index is 0.0995. The van der Waals surface area contributed by atoms with Crippen LogP contribution in [0.1, 0.15) is 12.0 Å². The van der Waals surface area contributed by atoms with Gasteiger partial charge in [-0.25, -0.2) is 0 Å². The zero-order chi connectivity index (χ0) is 30.3. The zero-order valence-electron chi connectivity index (χ0n) is 22.9. The molecule has 218 valence electrons. The molecule has 15 nitrogen and oxygen atoms in total. The van der Waals surface area contributed by atoms with Crippen molar-refractivity contribution >= 4 is 35.7 Å². The minimum atomic E-state index is -1.20. The summed E-state index contributed by atoms with van der Waals surface area (Å²) in [5, 5.41) is 46.3. The van der Waals surface area contributed by atoms with Crippen molar-refractivity contribution in [2.45, 2.75) is 25.0 Å². The second-order valence-corrected chi connectivity index (χ2v) is 9.84. The van der Waals surface area contributed by atoms with E-state index in [9.17, 15) is 24.3 Å². The van der Waals surface area contributed by atoms with Crippen LogP contribution in [-0.4, -0.2) is 127 Å². The van der Waals surface area contributed by atoms with E-state index in [1.165, 1.54) is 0 Å². The van der Waals surface area contributed by atoms with Gasteiger partial charge in [0.1, 0.15) is 18.7 Å². The first-order valence-corrected chi connectivity index (χ1v) is 11.8. The average Bonchev–Trinajstić information content (AvgIpc) is 3.24. The predicted molar refractivity (Wildman–Crippen MR) is 141 cm³/mol. The Morgan fingerprint density at radius 1 is 1.03 bits per heavy atom. The Morgan fingerprint density at radius 2 is 1.46 bits per heavy atom. The van der Waals surface area contributed by atoms with Crippen LogP contribution < -0.4 is 21.5 Å². The lowest BCUT2D eigenvalue weighted by molar-refractivity contribution is -0.873. The van der Waals surface area contributed by atoms with Crippen LogP contribution >= 0.6 is 0 Å². The number of carboxylic acids is 2. The highest BCUT2D eigenvalue weighted by atomic mass is 16.4. The first-order valence-electron chi connectivity index (χ1n) is 11.8. The van der Waals surface area contributed by atoms with Crippen molar-refractivity contribution in [3.05, 3.63) is 35.9 Å². The second-order valence-electron chi connectivity index (χ2n) is 9.84. The number of benzene rings is 1. The molecule has 2 aliphatic rings. The predicted octanol–water partition coefficient (Wildman–Crippen LogP) is -3.20. The van der Waals surface area contributed by atoms with E-state index >= 15 is 0 Å². The smallest absolute Gasteiger partial charge is 0.320 e. The van der Waals surface area contributed by atoms with Crippen molar-refractivity contribution < 1.29 is 39.0 Å². The molecule has 0 aliphatic carbocycles. The Labute approximate surface area is 227 Å². The SMILES string of the molecule is CN1CC(=O)NC1=N.CN1CC(=O)NC1=N.C[N+](C)(C)CC(O)CC(=O)[O-].NC(Cc1ccccc1)C(=O)O. The number of nitrogens with one attached hydrogen (secondary N) is 4. The van der Waals surface area contributed by atoms with Crippen molar-refractivity contribution in [3.8, 4) is 0 Å². The number of nitrogens with zero attached hydrogens (tertiary/aromatic N) is 3. The lowest BCUT2D eigenvalue weighted by atomic mass is 10.1. The largest absolute Gasteiger partial charge is 0.550 e. The van der Waals surface area contributed by atoms with Gasteiger partial charge in [-0.2, -0.15) is 0 Å². The number of aliphatic hydroxyl groups excluding tert-OH is 1. The number of aliphatic carboxylic acids is 2. The maximum absolute atomic E-state index is 10.4. The van der Waals surface area contributed by atoms with Crippen LogP contribution in [0.4, 0.5) is 0 Å². The quantitative estimate of drug-likeness (QED) is 0.167. The second kappa shape index (κ2) is 16.7. The van der Waals surface area contributed by atoms with Crippen LogP contribution in [0, 0.1) is 10.8 Å². The number of likely N-dealkylation sites (N-methyl/N-ethyl adjacent to an activating group) is 3. The Bertz CT molecular complexity index is 964. The number of aliphatic hydroxyl groups is 1. The molecule has 2 atom stereocenters. The summed E-state index contributed by atoms with van der Waals surface area (Å²) in [5.41, 5.74) is 6.30. The van der Waals surface area contributed by atoms with Gasteiger partial charge in [0.2, 0.25) is 11.8 Å². The maximum Gasteiger partial charge on any atom is 0.320 e. The Morgan fingerprint density at radius 3 is 1.72 bits per heavy atom. The van der Waals surface area contributed by atoms with Crippen LogP contribution in [-0.2, 0) is 25.6 Å². The zero-order valence-corrected chi connectivity index (χ0v) is 22.9. The molecule has 0 aromatic heterocycles. The van der Waals surface area contributed by atoms with Crippen LogP contribution in [0.3, 0.4) is 0 Å². The van der Waals surface area contributed by atoms with Crippen molar-refractivity contribution in [1.82, 2.24) is 20.4 Å². The van der Waals surface area contributed by atoms with E-state index in [0.29, 0.717) is 30.5 Å². The van der Waals surface area contributed by atoms with Crippen LogP contribution in [0.25, 0.3) is 0 Å². The molecule has 8 N–H and O–H groups in total. The third kappa shape index (κ3) is 17.1. The summed E-state index contributed by atoms with van der Waals surface area (Å²) in [6, 6.07) is 8.54. The molecule has 3 rings (SSSR count). The molecule has 2 unspecified atom stereocenters. The lowest BCUT2D eigenvalue weighted by Crippen LogP contribution is -2.43. The Balaban J connectivity index is 0.000000501. The van der Waals surface area contributed by atoms with Gasteiger partial charge in [0, 0.05) is 26.5 Å². The average molecular weight is 553 g/mol. The molecule has 0 bridgehead atoms. The highest BCUT2D eigenvalue weighted by molar-refractivity contribution is 6.03. The van der Waals surface area contributed by atoms with E-state index in [2.05, 4.69) is 10.6 Å². The number of hydrogen-bond acceptors (Lipinski definition) is 9. The number of carboxylic acid groups (broad SMARTS) is 2. The van der Waals surface area contributed by atoms with E-state index in [4.69, 9.17) is 26.8 Å². The third-order valence-electron chi connectivity index (χ3n) is 4.82. The number of quaternary nitrogens is 1. The summed E-state index contributed by atoms with van der Waals surface area (Å²) >= 11 is 0. The lowest BCUT2D eigenvalue weighted by Gasteiger charge is -2.26. The topological polar surface area (TPSA) is 236 Å². The molecule has 2 saturated heterocycles. The first kappa shape index (κ1) is 34.9. The van der Waals surface area contributed by atoms with E-state index in [1.54, 1.807) is 23.9 Å². The molecule has 2 heterocycles. The van der Waals surface area contributed by atoms with Gasteiger partial charge in [0.25, 0.3) is 0 Å². The number of rotatable bonds is 7. The maximum atomic E-state index is 10.4. The Kier molecular flexibility index (Phi) is 15.0. The molecule has 0 spiro atoms. The van der Waals surface area contributed by atoms with Crippen LogP contribution in [0.5, 0.6) is 0 Å². The van der Waals surface area contributed by atoms with E-state index in [0.717, 1.165) is 5.56 Å². The van der Waals surface area contributed by atoms with E-state index < -0.39 is 24.1 Å². The van der Waals surface area contributed by atoms with Gasteiger partial charge >= 0.3 is 5.97 Å². The van der Waals surface area contributed by atoms with Gasteiger partial charge in [0.05, 0.1) is 34.2 Å². The molecule has 15 heteroatoms. The van der Waals surface area contributed by atoms with Gasteiger partial charge in [-0.05, 0) is 12.0 Å². The van der Waals surface area contributed by atoms with Gasteiger partial charge in [-0.3, -0.25) is 35.8 Å². The molecule has 2 amide bonds. The number of guanidine groups is 2. The summed E-state index contributed by atoms with van der Waals surface area (Å²) < 4.78 is 0.550. The summed E-state index contributed by atoms with van der Waals surface area (Å²) in [7, 11) is 9.05. The van der Waals surface area contributed by atoms with Gasteiger partial charge in [0.15, 0.2) is 11.9 Å². The number of nitrogens with two attached hydrogens (primary N) is 1. The minimum Gasteiger partial charge on any atom is -0.550 e. The molecule has 1 aromatic rings. The fraction of sp³-hybridized carbons (Fsp3) is 0.500. The molecular formula is C24H40N8O7. The van der Waals surface area contributed by atoms with E-state index in [1.807, 2.05) is 51.5 Å². The third-order valence-corrected chi connectivity index (χ3v) is 4.82. The first-order chi connectivity index (χ1) is 17.9. The van der Waals surface area contributed by atoms with Gasteiger partial charge in [-0.15, -0.1) is 0 Å². The number of hydrogen-bond donors (Lipinski definition) is 7. The summed E-state index contributed by atoms with van der Waals surface area (Å²) in [5.74, 6) is -1.98. The standard InChI is InChI=1S/C9H11NO2.C7H15NO3.2C4H7N3O/c10-8(9(11)12)6-7-4-2-1-3-5-7;1-8(2,3)5-6(9)4-7(10)11;2*1-7-2-3(8)6-4(7)5/h1-5,8H,6,10H2,(H,11,12);6,9H,4-5H2,1-3H3;2*2H2,1H3,(H2,5,6,8). The molecule has 0 saturated carbocycles. The summed E-state index contributed by atoms with van der Waals surface area (Å²) in [4.78, 5) is 44.2. The van der Waals surface area contributed by atoms with Gasteiger partial charge in [-0.1, -0.05) is 30.3 Å². The number of carbonyl (C=O) groups is 4. The monoisotopic (exact) mass is 552 g/mol. The van der Waals surface area contributed by atoms with Crippen LogP contribution in [0.15, 0.2) is 30.3 Å². The summed E-state index contributed by atoms with van der Waals surface area (Å²) in [6.45, 7) is 1.06. The highest BCUT2D eigenvalue weighted by Crippen LogP contribution is 2.01. The Hall–Kier alpha value is -4.08. The summed E-state index contributed by atoms with van der Waals surface area (Å²) in [6.07, 6.45) is -0.703. The molecule has 0 radical (unpaired) electrons. The molecule has 2 aliphatic heterocycles. The molecule has 39 heavy (non-hydrogen) atoms. The highest BCUT2D eigenvalue weighted by Gasteiger charge is 2.19. The molecular weight excluding hydrogens is 512 g/mol. The fourth-order valence-electron chi connectivity index (χ4n) is 2.97. The van der Waals surface area contributed by atoms with Crippen molar-refractivity contribution in [3.63, 3.8) is 0 Å². The van der Waals surface area contributed by atoms with Crippen LogP contribution in [0.2, 0.25) is 0 Å². The fourth-order valence-corrected chi connectivity index (χ4v) is 2.97. The van der Waals surface area contributed by atoms with Crippen molar-refractivity contribution in [2.24, 2.45) is 5.73 Å². The molecule has 1 aromatic carbocycles. The van der Waals surface area contributed by atoms with Crippen molar-refractivity contribution in [1.29, 1.82) is 10.8 Å². The normalized spacial score (nSPS) is 15.9. The molecule has 2 fully saturated rings. The van der Waals surface area contributed by atoms with Crippen molar-refractivity contribution in [2.75, 3.05) is 54.9 Å². The van der Waals surface area contributed by atoms with E-state index in [-0.39, 0.29) is 30.2 Å². The van der Waals surface area contributed by atoms with Gasteiger partial charge < -0.3 is 40.1 Å². The number of carbonyl (C=O) groups excluding carboxylic acids is 3.